The second-order valence-electron chi connectivity index (χ2n) is 5.58. The summed E-state index contributed by atoms with van der Waals surface area (Å²) in [5, 5.41) is 4.74. The third kappa shape index (κ3) is 4.06. The Balaban J connectivity index is 1.93. The summed E-state index contributed by atoms with van der Waals surface area (Å²) in [4.78, 5) is 29.6. The van der Waals surface area contributed by atoms with E-state index in [9.17, 15) is 9.59 Å². The Kier molecular flexibility index (Phi) is 5.98. The van der Waals surface area contributed by atoms with Gasteiger partial charge in [-0.2, -0.15) is 0 Å². The normalized spacial score (nSPS) is 10.7. The summed E-state index contributed by atoms with van der Waals surface area (Å²) in [5.74, 6) is -0.400. The van der Waals surface area contributed by atoms with Gasteiger partial charge in [0.1, 0.15) is 5.00 Å². The van der Waals surface area contributed by atoms with Gasteiger partial charge in [-0.1, -0.05) is 24.3 Å². The summed E-state index contributed by atoms with van der Waals surface area (Å²) in [5.41, 5.74) is 7.77. The number of nitrogens with zero attached hydrogens (tertiary/aromatic N) is 1. The molecule has 0 radical (unpaired) electrons. The minimum Gasteiger partial charge on any atom is -0.462 e. The molecule has 0 unspecified atom stereocenters. The number of hydrogen-bond acceptors (Lipinski definition) is 7. The molecule has 3 rings (SSSR count). The number of anilines is 1. The number of pyridine rings is 1. The monoisotopic (exact) mass is 401 g/mol. The number of carbonyl (C=O) groups is 2. The van der Waals surface area contributed by atoms with Gasteiger partial charge < -0.3 is 15.8 Å². The van der Waals surface area contributed by atoms with Crippen LogP contribution in [0.15, 0.2) is 41.4 Å². The maximum Gasteiger partial charge on any atom is 0.341 e. The van der Waals surface area contributed by atoms with Crippen LogP contribution in [-0.4, -0.2) is 30.5 Å². The van der Waals surface area contributed by atoms with Crippen LogP contribution in [0, 0.1) is 0 Å². The van der Waals surface area contributed by atoms with Gasteiger partial charge in [-0.3, -0.25) is 4.79 Å². The number of esters is 1. The van der Waals surface area contributed by atoms with E-state index in [1.54, 1.807) is 14.0 Å². The van der Waals surface area contributed by atoms with Gasteiger partial charge in [-0.25, -0.2) is 9.78 Å². The van der Waals surface area contributed by atoms with Crippen molar-refractivity contribution in [3.63, 3.8) is 0 Å². The fourth-order valence-corrected chi connectivity index (χ4v) is 4.64. The molecule has 0 spiro atoms. The third-order valence-corrected chi connectivity index (χ3v) is 5.90. The lowest BCUT2D eigenvalue weighted by Gasteiger charge is -2.08. The molecule has 2 heterocycles. The Labute approximate surface area is 165 Å². The van der Waals surface area contributed by atoms with Crippen molar-refractivity contribution in [1.82, 2.24) is 10.3 Å². The third-order valence-electron chi connectivity index (χ3n) is 3.88. The van der Waals surface area contributed by atoms with Crippen LogP contribution < -0.4 is 11.1 Å². The van der Waals surface area contributed by atoms with Crippen molar-refractivity contribution in [2.24, 2.45) is 0 Å². The molecule has 0 bridgehead atoms. The van der Waals surface area contributed by atoms with Crippen molar-refractivity contribution >= 4 is 50.9 Å². The zero-order valence-electron chi connectivity index (χ0n) is 14.9. The summed E-state index contributed by atoms with van der Waals surface area (Å²) < 4.78 is 5.12. The number of nitrogens with one attached hydrogen (secondary N) is 1. The van der Waals surface area contributed by atoms with E-state index < -0.39 is 5.97 Å². The molecule has 0 aliphatic heterocycles. The second kappa shape index (κ2) is 8.41. The van der Waals surface area contributed by atoms with E-state index >= 15 is 0 Å². The number of nitrogen functional groups attached to an aromatic ring is 1. The SMILES string of the molecule is CCOC(=O)c1c(N)sc(C(=O)NC)c1CSc1ccc2ccccc2n1. The van der Waals surface area contributed by atoms with Gasteiger partial charge in [0.25, 0.3) is 5.91 Å². The molecule has 1 amide bonds. The van der Waals surface area contributed by atoms with E-state index in [1.807, 2.05) is 36.4 Å². The highest BCUT2D eigenvalue weighted by Crippen LogP contribution is 2.36. The Morgan fingerprint density at radius 2 is 2.04 bits per heavy atom. The van der Waals surface area contributed by atoms with Crippen LogP contribution in [0.2, 0.25) is 0 Å². The maximum absolute atomic E-state index is 12.3. The summed E-state index contributed by atoms with van der Waals surface area (Å²) in [6.45, 7) is 1.97. The Hall–Kier alpha value is -2.58. The average molecular weight is 402 g/mol. The molecular weight excluding hydrogens is 382 g/mol. The molecule has 2 aromatic heterocycles. The van der Waals surface area contributed by atoms with Crippen LogP contribution >= 0.6 is 23.1 Å². The van der Waals surface area contributed by atoms with E-state index in [0.29, 0.717) is 16.2 Å². The first-order valence-corrected chi connectivity index (χ1v) is 10.1. The molecule has 0 aliphatic carbocycles. The number of ether oxygens (including phenoxy) is 1. The highest BCUT2D eigenvalue weighted by molar-refractivity contribution is 7.98. The second-order valence-corrected chi connectivity index (χ2v) is 7.63. The van der Waals surface area contributed by atoms with Crippen molar-refractivity contribution in [1.29, 1.82) is 0 Å². The van der Waals surface area contributed by atoms with Gasteiger partial charge in [0, 0.05) is 23.8 Å². The molecule has 0 saturated heterocycles. The molecule has 0 atom stereocenters. The van der Waals surface area contributed by atoms with Crippen molar-refractivity contribution in [3.05, 3.63) is 52.4 Å². The minimum atomic E-state index is -0.511. The molecule has 140 valence electrons. The van der Waals surface area contributed by atoms with Crippen molar-refractivity contribution in [2.45, 2.75) is 17.7 Å². The fraction of sp³-hybridized carbons (Fsp3) is 0.211. The first-order valence-electron chi connectivity index (χ1n) is 8.34. The molecule has 3 N–H and O–H groups in total. The average Bonchev–Trinajstić information content (AvgIpc) is 3.02. The predicted octanol–water partition coefficient (Wildman–Crippen LogP) is 3.71. The number of amides is 1. The van der Waals surface area contributed by atoms with Gasteiger partial charge in [0.05, 0.1) is 27.6 Å². The lowest BCUT2D eigenvalue weighted by atomic mass is 10.1. The number of para-hydroxylation sites is 1. The molecule has 0 saturated carbocycles. The summed E-state index contributed by atoms with van der Waals surface area (Å²) in [7, 11) is 1.55. The van der Waals surface area contributed by atoms with Crippen LogP contribution in [-0.2, 0) is 10.5 Å². The van der Waals surface area contributed by atoms with Crippen LogP contribution in [0.5, 0.6) is 0 Å². The molecule has 1 aromatic carbocycles. The number of thiophene rings is 1. The highest BCUT2D eigenvalue weighted by atomic mass is 32.2. The summed E-state index contributed by atoms with van der Waals surface area (Å²) in [6, 6.07) is 11.8. The number of thioether (sulfide) groups is 1. The standard InChI is InChI=1S/C19H19N3O3S2/c1-3-25-19(24)15-12(16(18(23)21-2)27-17(15)20)10-26-14-9-8-11-6-4-5-7-13(11)22-14/h4-9H,3,10,20H2,1-2H3,(H,21,23). The summed E-state index contributed by atoms with van der Waals surface area (Å²) >= 11 is 2.54. The van der Waals surface area contributed by atoms with Gasteiger partial charge in [0.15, 0.2) is 0 Å². The largest absolute Gasteiger partial charge is 0.462 e. The first-order chi connectivity index (χ1) is 13.0. The number of hydrogen-bond donors (Lipinski definition) is 2. The number of fused-ring (bicyclic) bond motifs is 1. The molecule has 6 nitrogen and oxygen atoms in total. The topological polar surface area (TPSA) is 94.3 Å². The molecule has 0 fully saturated rings. The number of benzene rings is 1. The first kappa shape index (κ1) is 19.2. The van der Waals surface area contributed by atoms with Gasteiger partial charge in [0.2, 0.25) is 0 Å². The van der Waals surface area contributed by atoms with Crippen molar-refractivity contribution in [3.8, 4) is 0 Å². The quantitative estimate of drug-likeness (QED) is 0.483. The molecule has 27 heavy (non-hydrogen) atoms. The molecule has 0 aliphatic rings. The van der Waals surface area contributed by atoms with Crippen molar-refractivity contribution in [2.75, 3.05) is 19.4 Å². The number of nitrogens with two attached hydrogens (primary N) is 1. The smallest absolute Gasteiger partial charge is 0.341 e. The Morgan fingerprint density at radius 1 is 1.26 bits per heavy atom. The van der Waals surface area contributed by atoms with E-state index in [-0.39, 0.29) is 23.1 Å². The van der Waals surface area contributed by atoms with Gasteiger partial charge in [-0.15, -0.1) is 23.1 Å². The van der Waals surface area contributed by atoms with E-state index in [0.717, 1.165) is 27.3 Å². The zero-order valence-corrected chi connectivity index (χ0v) is 16.6. The van der Waals surface area contributed by atoms with Crippen molar-refractivity contribution < 1.29 is 14.3 Å². The lowest BCUT2D eigenvalue weighted by Crippen LogP contribution is -2.18. The number of carbonyl (C=O) groups excluding carboxylic acids is 2. The molecule has 3 aromatic rings. The maximum atomic E-state index is 12.3. The highest BCUT2D eigenvalue weighted by Gasteiger charge is 2.26. The predicted molar refractivity (Wildman–Crippen MR) is 109 cm³/mol. The Morgan fingerprint density at radius 3 is 2.78 bits per heavy atom. The van der Waals surface area contributed by atoms with Gasteiger partial charge in [-0.05, 0) is 19.1 Å². The number of rotatable bonds is 6. The van der Waals surface area contributed by atoms with Gasteiger partial charge >= 0.3 is 5.97 Å². The van der Waals surface area contributed by atoms with Crippen LogP contribution in [0.3, 0.4) is 0 Å². The van der Waals surface area contributed by atoms with E-state index in [1.165, 1.54) is 11.8 Å². The number of aromatic nitrogens is 1. The van der Waals surface area contributed by atoms with E-state index in [4.69, 9.17) is 10.5 Å². The summed E-state index contributed by atoms with van der Waals surface area (Å²) in [6.07, 6.45) is 0. The van der Waals surface area contributed by atoms with Crippen LogP contribution in [0.25, 0.3) is 10.9 Å². The molecule has 8 heteroatoms. The minimum absolute atomic E-state index is 0.238. The van der Waals surface area contributed by atoms with E-state index in [2.05, 4.69) is 10.3 Å². The lowest BCUT2D eigenvalue weighted by molar-refractivity contribution is 0.0527. The Bertz CT molecular complexity index is 1000. The van der Waals surface area contributed by atoms with Crippen LogP contribution in [0.1, 0.15) is 32.5 Å². The van der Waals surface area contributed by atoms with Crippen LogP contribution in [0.4, 0.5) is 5.00 Å². The molecular formula is C19H19N3O3S2. The zero-order chi connectivity index (χ0) is 19.4. The fourth-order valence-electron chi connectivity index (χ4n) is 2.62.